The summed E-state index contributed by atoms with van der Waals surface area (Å²) >= 11 is 0. The number of phenolic OH excluding ortho intramolecular Hbond substituents is 1. The van der Waals surface area contributed by atoms with Crippen LogP contribution in [-0.4, -0.2) is 76.2 Å². The van der Waals surface area contributed by atoms with Gasteiger partial charge in [-0.1, -0.05) is 52.5 Å². The molecule has 4 fully saturated rings. The number of benzene rings is 1. The highest BCUT2D eigenvalue weighted by Gasteiger charge is 2.61. The number of hydrogen-bond acceptors (Lipinski definition) is 5. The fraction of sp³-hybridized carbons (Fsp3) is 0.784. The van der Waals surface area contributed by atoms with E-state index in [9.17, 15) is 19.8 Å². The summed E-state index contributed by atoms with van der Waals surface area (Å²) in [6, 6.07) is 5.52. The van der Waals surface area contributed by atoms with Crippen molar-refractivity contribution in [1.82, 2.24) is 15.1 Å². The Labute approximate surface area is 265 Å². The summed E-state index contributed by atoms with van der Waals surface area (Å²) in [5.41, 5.74) is 1.94. The van der Waals surface area contributed by atoms with Crippen molar-refractivity contribution in [1.29, 1.82) is 0 Å². The number of nitrogens with zero attached hydrogens (tertiary/aromatic N) is 2. The van der Waals surface area contributed by atoms with Gasteiger partial charge in [0.25, 0.3) is 0 Å². The van der Waals surface area contributed by atoms with E-state index in [1.165, 1.54) is 36.8 Å². The van der Waals surface area contributed by atoms with Gasteiger partial charge < -0.3 is 20.4 Å². The van der Waals surface area contributed by atoms with Crippen molar-refractivity contribution in [3.8, 4) is 5.75 Å². The Balaban J connectivity index is 1.03. The normalized spacial score (nSPS) is 33.1. The lowest BCUT2D eigenvalue weighted by molar-refractivity contribution is -0.141. The number of aryl methyl sites for hydroxylation is 1. The van der Waals surface area contributed by atoms with Crippen molar-refractivity contribution in [2.75, 3.05) is 32.7 Å². The molecular formula is C37H57N3O4. The molecule has 1 aromatic rings. The van der Waals surface area contributed by atoms with Crippen molar-refractivity contribution in [3.63, 3.8) is 0 Å². The maximum atomic E-state index is 13.7. The van der Waals surface area contributed by atoms with Crippen LogP contribution in [0.2, 0.25) is 0 Å². The van der Waals surface area contributed by atoms with E-state index in [4.69, 9.17) is 0 Å². The van der Waals surface area contributed by atoms with Gasteiger partial charge in [0.05, 0.1) is 5.60 Å². The van der Waals surface area contributed by atoms with Gasteiger partial charge in [-0.25, -0.2) is 0 Å². The van der Waals surface area contributed by atoms with Crippen LogP contribution in [-0.2, 0) is 16.0 Å². The summed E-state index contributed by atoms with van der Waals surface area (Å²) in [7, 11) is 0. The van der Waals surface area contributed by atoms with E-state index in [0.29, 0.717) is 67.8 Å². The van der Waals surface area contributed by atoms with Crippen LogP contribution in [0.1, 0.15) is 115 Å². The maximum absolute atomic E-state index is 13.7. The summed E-state index contributed by atoms with van der Waals surface area (Å²) in [5.74, 6) is 3.10. The van der Waals surface area contributed by atoms with Gasteiger partial charge >= 0.3 is 0 Å². The molecule has 44 heavy (non-hydrogen) atoms. The molecule has 244 valence electrons. The van der Waals surface area contributed by atoms with Crippen molar-refractivity contribution in [2.45, 2.75) is 122 Å². The molecule has 6 atom stereocenters. The third-order valence-corrected chi connectivity index (χ3v) is 12.8. The van der Waals surface area contributed by atoms with Crippen molar-refractivity contribution in [3.05, 3.63) is 29.3 Å². The minimum atomic E-state index is -0.711. The number of carbonyl (C=O) groups is 2. The van der Waals surface area contributed by atoms with Crippen LogP contribution >= 0.6 is 0 Å². The van der Waals surface area contributed by atoms with Crippen molar-refractivity contribution < 1.29 is 19.8 Å². The third-order valence-electron chi connectivity index (χ3n) is 12.8. The number of phenols is 1. The van der Waals surface area contributed by atoms with Crippen molar-refractivity contribution >= 4 is 11.8 Å². The van der Waals surface area contributed by atoms with E-state index in [0.717, 1.165) is 58.0 Å². The molecule has 3 N–H and O–H groups in total. The number of β-amino-alcohol motifs (C(OH)–C–C–N with tert-alkyl or cyclic N) is 1. The van der Waals surface area contributed by atoms with Crippen LogP contribution < -0.4 is 5.32 Å². The van der Waals surface area contributed by atoms with Gasteiger partial charge in [-0.3, -0.25) is 14.5 Å². The molecule has 0 aromatic heterocycles. The molecule has 7 nitrogen and oxygen atoms in total. The average molecular weight is 608 g/mol. The van der Waals surface area contributed by atoms with Crippen LogP contribution in [0.5, 0.6) is 5.75 Å². The van der Waals surface area contributed by atoms with E-state index in [2.05, 4.69) is 37.1 Å². The SMILES string of the molecule is CC(C)C[C@H](NC(=O)CCC1CCCC1)C(=O)N1CCN(C[C@]2(O)CC[C@H]3[C@@H]4CCc5cc(O)ccc5[C@H]4CC[C@@]32C)CC1. The number of aromatic hydroxyl groups is 1. The first kappa shape index (κ1) is 31.8. The Morgan fingerprint density at radius 1 is 1.02 bits per heavy atom. The summed E-state index contributed by atoms with van der Waals surface area (Å²) in [6.07, 6.45) is 13.4. The molecule has 5 aliphatic rings. The first-order valence-corrected chi connectivity index (χ1v) is 17.9. The monoisotopic (exact) mass is 607 g/mol. The van der Waals surface area contributed by atoms with Gasteiger partial charge in [-0.05, 0) is 104 Å². The van der Waals surface area contributed by atoms with Gasteiger partial charge in [0, 0.05) is 44.6 Å². The number of fused-ring (bicyclic) bond motifs is 5. The number of rotatable bonds is 9. The number of aliphatic hydroxyl groups is 1. The molecule has 1 aromatic carbocycles. The Kier molecular flexibility index (Phi) is 9.37. The molecule has 1 heterocycles. The second-order valence-corrected chi connectivity index (χ2v) is 15.9. The molecule has 0 spiro atoms. The standard InChI is InChI=1S/C37H57N3O4/c1-25(2)22-33(38-34(42)13-8-26-6-4-5-7-26)35(43)40-20-18-39(19-21-40)24-37(44)17-15-32-31-11-9-27-23-28(41)10-12-29(27)30(31)14-16-36(32,37)3/h10,12,23,25-26,30-33,41,44H,4-9,11,13-22,24H2,1-3H3,(H,38,42)/t30-,31-,32+,33+,36+,37-/m1/s1. The van der Waals surface area contributed by atoms with Crippen LogP contribution in [0.3, 0.4) is 0 Å². The molecule has 0 unspecified atom stereocenters. The predicted molar refractivity (Wildman–Crippen MR) is 173 cm³/mol. The average Bonchev–Trinajstić information content (AvgIpc) is 3.61. The highest BCUT2D eigenvalue weighted by atomic mass is 16.3. The molecule has 3 saturated carbocycles. The van der Waals surface area contributed by atoms with E-state index >= 15 is 0 Å². The number of piperazine rings is 1. The summed E-state index contributed by atoms with van der Waals surface area (Å²) < 4.78 is 0. The highest BCUT2D eigenvalue weighted by Crippen LogP contribution is 2.64. The van der Waals surface area contributed by atoms with Crippen LogP contribution in [0, 0.1) is 29.1 Å². The summed E-state index contributed by atoms with van der Waals surface area (Å²) in [5, 5.41) is 25.4. The Morgan fingerprint density at radius 3 is 2.50 bits per heavy atom. The Morgan fingerprint density at radius 2 is 1.77 bits per heavy atom. The Hall–Kier alpha value is -2.12. The number of nitrogens with one attached hydrogen (secondary N) is 1. The molecule has 7 heteroatoms. The second-order valence-electron chi connectivity index (χ2n) is 15.9. The first-order valence-electron chi connectivity index (χ1n) is 17.9. The third kappa shape index (κ3) is 6.29. The Bertz CT molecular complexity index is 1190. The van der Waals surface area contributed by atoms with Crippen LogP contribution in [0.25, 0.3) is 0 Å². The van der Waals surface area contributed by atoms with E-state index < -0.39 is 11.6 Å². The molecule has 0 bridgehead atoms. The molecular weight excluding hydrogens is 550 g/mol. The van der Waals surface area contributed by atoms with Crippen LogP contribution in [0.15, 0.2) is 18.2 Å². The van der Waals surface area contributed by atoms with Gasteiger partial charge in [-0.2, -0.15) is 0 Å². The van der Waals surface area contributed by atoms with Crippen molar-refractivity contribution in [2.24, 2.45) is 29.1 Å². The topological polar surface area (TPSA) is 93.1 Å². The second kappa shape index (κ2) is 12.9. The predicted octanol–water partition coefficient (Wildman–Crippen LogP) is 5.62. The first-order chi connectivity index (χ1) is 21.1. The number of amides is 2. The lowest BCUT2D eigenvalue weighted by Crippen LogP contribution is -2.60. The van der Waals surface area contributed by atoms with E-state index in [1.807, 2.05) is 17.0 Å². The van der Waals surface area contributed by atoms with Gasteiger partial charge in [-0.15, -0.1) is 0 Å². The molecule has 1 saturated heterocycles. The van der Waals surface area contributed by atoms with E-state index in [-0.39, 0.29) is 17.2 Å². The maximum Gasteiger partial charge on any atom is 0.245 e. The molecule has 1 aliphatic heterocycles. The summed E-state index contributed by atoms with van der Waals surface area (Å²) in [4.78, 5) is 30.8. The molecule has 4 aliphatic carbocycles. The zero-order valence-electron chi connectivity index (χ0n) is 27.5. The fourth-order valence-electron chi connectivity index (χ4n) is 10.2. The minimum Gasteiger partial charge on any atom is -0.508 e. The zero-order chi connectivity index (χ0) is 31.1. The quantitative estimate of drug-likeness (QED) is 0.339. The molecule has 6 rings (SSSR count). The number of hydrogen-bond donors (Lipinski definition) is 3. The lowest BCUT2D eigenvalue weighted by Gasteiger charge is -2.54. The number of carbonyl (C=O) groups excluding carboxylic acids is 2. The fourth-order valence-corrected chi connectivity index (χ4v) is 10.2. The lowest BCUT2D eigenvalue weighted by atomic mass is 9.53. The largest absolute Gasteiger partial charge is 0.508 e. The van der Waals surface area contributed by atoms with E-state index in [1.54, 1.807) is 0 Å². The minimum absolute atomic E-state index is 0.0233. The highest BCUT2D eigenvalue weighted by molar-refractivity contribution is 5.87. The van der Waals surface area contributed by atoms with Crippen LogP contribution in [0.4, 0.5) is 0 Å². The molecule has 2 amide bonds. The summed E-state index contributed by atoms with van der Waals surface area (Å²) in [6.45, 7) is 10.1. The zero-order valence-corrected chi connectivity index (χ0v) is 27.5. The smallest absolute Gasteiger partial charge is 0.245 e. The van der Waals surface area contributed by atoms with Gasteiger partial charge in [0.15, 0.2) is 0 Å². The molecule has 0 radical (unpaired) electrons. The van der Waals surface area contributed by atoms with Gasteiger partial charge in [0.2, 0.25) is 11.8 Å². The van der Waals surface area contributed by atoms with Gasteiger partial charge in [0.1, 0.15) is 11.8 Å².